The van der Waals surface area contributed by atoms with Gasteiger partial charge in [-0.15, -0.1) is 0 Å². The Hall–Kier alpha value is -0.600. The normalized spacial score (nSPS) is 36.4. The first-order chi connectivity index (χ1) is 6.93. The van der Waals surface area contributed by atoms with Crippen LogP contribution in [0.25, 0.3) is 0 Å². The average molecular weight is 231 g/mol. The van der Waals surface area contributed by atoms with Crippen LogP contribution in [-0.2, 0) is 9.84 Å². The van der Waals surface area contributed by atoms with Crippen molar-refractivity contribution >= 4 is 9.84 Å². The van der Waals surface area contributed by atoms with Crippen LogP contribution >= 0.6 is 0 Å². The third-order valence-electron chi connectivity index (χ3n) is 3.46. The van der Waals surface area contributed by atoms with Crippen LogP contribution in [0.15, 0.2) is 0 Å². The van der Waals surface area contributed by atoms with E-state index in [1.807, 2.05) is 6.07 Å². The van der Waals surface area contributed by atoms with Gasteiger partial charge in [-0.3, -0.25) is 0 Å². The second kappa shape index (κ2) is 4.11. The summed E-state index contributed by atoms with van der Waals surface area (Å²) in [5.74, 6) is -0.256. The van der Waals surface area contributed by atoms with Crippen LogP contribution in [0.2, 0.25) is 0 Å². The lowest BCUT2D eigenvalue weighted by atomic mass is 9.99. The van der Waals surface area contributed by atoms with Crippen molar-refractivity contribution in [1.82, 2.24) is 0 Å². The highest BCUT2D eigenvalue weighted by atomic mass is 32.2. The van der Waals surface area contributed by atoms with Crippen molar-refractivity contribution in [3.8, 4) is 6.07 Å². The predicted molar refractivity (Wildman–Crippen MR) is 56.8 cm³/mol. The lowest BCUT2D eigenvalue weighted by Gasteiger charge is -2.25. The van der Waals surface area contributed by atoms with Gasteiger partial charge in [0, 0.05) is 12.4 Å². The fraction of sp³-hybridized carbons (Fsp3) is 0.900. The first-order valence-corrected chi connectivity index (χ1v) is 6.83. The highest BCUT2D eigenvalue weighted by Gasteiger charge is 2.53. The Kier molecular flexibility index (Phi) is 3.41. The summed E-state index contributed by atoms with van der Waals surface area (Å²) >= 11 is 0. The van der Waals surface area contributed by atoms with E-state index in [1.165, 1.54) is 0 Å². The van der Waals surface area contributed by atoms with Crippen LogP contribution in [0.3, 0.4) is 0 Å². The Morgan fingerprint density at radius 1 is 1.60 bits per heavy atom. The van der Waals surface area contributed by atoms with Crippen molar-refractivity contribution in [2.45, 2.75) is 31.4 Å². The molecule has 0 aliphatic heterocycles. The molecule has 0 bridgehead atoms. The Morgan fingerprint density at radius 3 is 2.53 bits per heavy atom. The van der Waals surface area contributed by atoms with Crippen LogP contribution in [-0.4, -0.2) is 30.6 Å². The fourth-order valence-electron chi connectivity index (χ4n) is 2.46. The van der Waals surface area contributed by atoms with Crippen LogP contribution in [0.4, 0.5) is 0 Å². The molecule has 15 heavy (non-hydrogen) atoms. The Bertz CT molecular complexity index is 371. The molecule has 86 valence electrons. The molecule has 1 rings (SSSR count). The number of aliphatic hydroxyl groups is 1. The van der Waals surface area contributed by atoms with Gasteiger partial charge in [0.1, 0.15) is 0 Å². The van der Waals surface area contributed by atoms with E-state index < -0.39 is 14.6 Å². The number of nitrogens with zero attached hydrogens (tertiary/aromatic N) is 1. The molecule has 0 aromatic heterocycles. The molecule has 1 aliphatic rings. The molecule has 0 aromatic rings. The second-order valence-electron chi connectivity index (χ2n) is 4.29. The monoisotopic (exact) mass is 231 g/mol. The summed E-state index contributed by atoms with van der Waals surface area (Å²) in [5.41, 5.74) is 0. The van der Waals surface area contributed by atoms with E-state index >= 15 is 0 Å². The maximum absolute atomic E-state index is 11.9. The van der Waals surface area contributed by atoms with Gasteiger partial charge in [-0.25, -0.2) is 8.42 Å². The molecular weight excluding hydrogens is 214 g/mol. The first-order valence-electron chi connectivity index (χ1n) is 5.18. The molecule has 5 heteroatoms. The van der Waals surface area contributed by atoms with E-state index in [-0.39, 0.29) is 30.6 Å². The van der Waals surface area contributed by atoms with E-state index in [1.54, 1.807) is 13.8 Å². The highest BCUT2D eigenvalue weighted by Crippen LogP contribution is 2.44. The zero-order valence-corrected chi connectivity index (χ0v) is 9.92. The summed E-state index contributed by atoms with van der Waals surface area (Å²) in [7, 11) is -3.37. The second-order valence-corrected chi connectivity index (χ2v) is 6.83. The molecule has 1 fully saturated rings. The van der Waals surface area contributed by atoms with Gasteiger partial charge >= 0.3 is 0 Å². The van der Waals surface area contributed by atoms with Crippen molar-refractivity contribution in [3.05, 3.63) is 0 Å². The first kappa shape index (κ1) is 12.5. The predicted octanol–water partition coefficient (Wildman–Crippen LogP) is 0.722. The summed E-state index contributed by atoms with van der Waals surface area (Å²) in [6, 6.07) is 1.98. The molecule has 0 radical (unpaired) electrons. The molecule has 0 unspecified atom stereocenters. The standard InChI is InChI=1S/C10H17NO3S/c1-3-15(13,14)10(7-11)5-9(6-12)4-8(10)2/h8-9,12H,3-6H2,1-2H3/t8-,9-,10+/m0/s1. The SMILES string of the molecule is CCS(=O)(=O)[C@@]1(C#N)C[C@@H](CO)C[C@@H]1C. The number of sulfone groups is 1. The number of nitriles is 1. The molecule has 1 N–H and O–H groups in total. The van der Waals surface area contributed by atoms with Gasteiger partial charge in [0.05, 0.1) is 6.07 Å². The summed E-state index contributed by atoms with van der Waals surface area (Å²) < 4.78 is 22.6. The van der Waals surface area contributed by atoms with Gasteiger partial charge in [0.2, 0.25) is 0 Å². The maximum atomic E-state index is 11.9. The number of hydrogen-bond acceptors (Lipinski definition) is 4. The zero-order chi connectivity index (χ0) is 11.7. The van der Waals surface area contributed by atoms with E-state index in [0.29, 0.717) is 6.42 Å². The summed E-state index contributed by atoms with van der Waals surface area (Å²) in [6.07, 6.45) is 0.890. The number of hydrogen-bond donors (Lipinski definition) is 1. The Balaban J connectivity index is 3.14. The van der Waals surface area contributed by atoms with Gasteiger partial charge in [-0.1, -0.05) is 13.8 Å². The van der Waals surface area contributed by atoms with Gasteiger partial charge in [-0.05, 0) is 24.7 Å². The van der Waals surface area contributed by atoms with Crippen LogP contribution < -0.4 is 0 Å². The third-order valence-corrected chi connectivity index (χ3v) is 5.99. The molecule has 0 heterocycles. The number of aliphatic hydroxyl groups excluding tert-OH is 1. The number of rotatable bonds is 3. The topological polar surface area (TPSA) is 78.2 Å². The Morgan fingerprint density at radius 2 is 2.20 bits per heavy atom. The van der Waals surface area contributed by atoms with Gasteiger partial charge < -0.3 is 5.11 Å². The molecule has 4 nitrogen and oxygen atoms in total. The lowest BCUT2D eigenvalue weighted by molar-refractivity contribution is 0.226. The molecule has 0 saturated heterocycles. The van der Waals surface area contributed by atoms with Crippen molar-refractivity contribution in [2.24, 2.45) is 11.8 Å². The van der Waals surface area contributed by atoms with Crippen LogP contribution in [0.5, 0.6) is 0 Å². The van der Waals surface area contributed by atoms with E-state index in [0.717, 1.165) is 0 Å². The highest BCUT2D eigenvalue weighted by molar-refractivity contribution is 7.93. The van der Waals surface area contributed by atoms with Crippen LogP contribution in [0.1, 0.15) is 26.7 Å². The molecule has 1 saturated carbocycles. The minimum Gasteiger partial charge on any atom is -0.396 e. The molecule has 1 aliphatic carbocycles. The Labute approximate surface area is 90.8 Å². The summed E-state index contributed by atoms with van der Waals surface area (Å²) in [6.45, 7) is 3.31. The van der Waals surface area contributed by atoms with Gasteiger partial charge in [-0.2, -0.15) is 5.26 Å². The molecular formula is C10H17NO3S. The van der Waals surface area contributed by atoms with E-state index in [2.05, 4.69) is 0 Å². The zero-order valence-electron chi connectivity index (χ0n) is 9.10. The third kappa shape index (κ3) is 1.77. The quantitative estimate of drug-likeness (QED) is 0.776. The van der Waals surface area contributed by atoms with Gasteiger partial charge in [0.15, 0.2) is 14.6 Å². The molecule has 3 atom stereocenters. The maximum Gasteiger partial charge on any atom is 0.169 e. The molecule has 0 amide bonds. The fourth-order valence-corrected chi connectivity index (χ4v) is 4.31. The summed E-state index contributed by atoms with van der Waals surface area (Å²) in [5, 5.41) is 18.2. The van der Waals surface area contributed by atoms with Crippen molar-refractivity contribution in [1.29, 1.82) is 5.26 Å². The molecule has 0 aromatic carbocycles. The van der Waals surface area contributed by atoms with Crippen molar-refractivity contribution in [2.75, 3.05) is 12.4 Å². The lowest BCUT2D eigenvalue weighted by Crippen LogP contribution is -2.41. The summed E-state index contributed by atoms with van der Waals surface area (Å²) in [4.78, 5) is 0. The largest absolute Gasteiger partial charge is 0.396 e. The van der Waals surface area contributed by atoms with Crippen molar-refractivity contribution in [3.63, 3.8) is 0 Å². The van der Waals surface area contributed by atoms with Crippen LogP contribution in [0, 0.1) is 23.2 Å². The smallest absolute Gasteiger partial charge is 0.169 e. The minimum absolute atomic E-state index is 0.0109. The van der Waals surface area contributed by atoms with E-state index in [4.69, 9.17) is 10.4 Å². The van der Waals surface area contributed by atoms with E-state index in [9.17, 15) is 8.42 Å². The molecule has 0 spiro atoms. The minimum atomic E-state index is -3.37. The average Bonchev–Trinajstić information content (AvgIpc) is 2.56. The van der Waals surface area contributed by atoms with Crippen molar-refractivity contribution < 1.29 is 13.5 Å². The van der Waals surface area contributed by atoms with Gasteiger partial charge in [0.25, 0.3) is 0 Å².